The van der Waals surface area contributed by atoms with Crippen molar-refractivity contribution in [2.24, 2.45) is 0 Å². The van der Waals surface area contributed by atoms with Crippen molar-refractivity contribution in [2.45, 2.75) is 26.2 Å². The van der Waals surface area contributed by atoms with Gasteiger partial charge in [-0.1, -0.05) is 0 Å². The summed E-state index contributed by atoms with van der Waals surface area (Å²) >= 11 is 0. The molecule has 0 fully saturated rings. The first-order valence-electron chi connectivity index (χ1n) is 6.52. The fraction of sp³-hybridized carbons (Fsp3) is 0.286. The third kappa shape index (κ3) is 2.34. The molecule has 116 valence electrons. The zero-order valence-corrected chi connectivity index (χ0v) is 11.7. The highest BCUT2D eigenvalue weighted by atomic mass is 19.4. The van der Waals surface area contributed by atoms with Gasteiger partial charge < -0.3 is 4.57 Å². The van der Waals surface area contributed by atoms with Crippen molar-refractivity contribution in [1.82, 2.24) is 19.7 Å². The molecule has 0 bridgehead atoms. The second-order valence-electron chi connectivity index (χ2n) is 5.07. The first-order valence-corrected chi connectivity index (χ1v) is 6.52. The summed E-state index contributed by atoms with van der Waals surface area (Å²) in [5, 5.41) is 7.43. The highest BCUT2D eigenvalue weighted by molar-refractivity contribution is 5.83. The van der Waals surface area contributed by atoms with Crippen molar-refractivity contribution in [3.63, 3.8) is 0 Å². The number of alkyl halides is 4. The largest absolute Gasteiger partial charge is 0.434 e. The van der Waals surface area contributed by atoms with Crippen LogP contribution in [0.5, 0.6) is 0 Å². The summed E-state index contributed by atoms with van der Waals surface area (Å²) in [4.78, 5) is 3.39. The Kier molecular flexibility index (Phi) is 3.19. The Balaban J connectivity index is 2.22. The molecule has 0 aliphatic carbocycles. The molecule has 3 rings (SSSR count). The summed E-state index contributed by atoms with van der Waals surface area (Å²) in [5.74, 6) is -0.283. The number of hydrogen-bond acceptors (Lipinski definition) is 2. The standard InChI is InChI=1S/C14H12F4N4/c1-7-3-10(4-9-5-19-21-12(7)9)22-6-11(14(16,17)18)20-13(22)8(2)15/h3-6,8H,1-2H3,(H,19,21)/t8-/m0/s1. The number of halogens is 4. The van der Waals surface area contributed by atoms with Gasteiger partial charge in [-0.2, -0.15) is 18.3 Å². The minimum Gasteiger partial charge on any atom is -0.301 e. The third-order valence-electron chi connectivity index (χ3n) is 3.39. The summed E-state index contributed by atoms with van der Waals surface area (Å²) in [6.07, 6.45) is -3.88. The maximum absolute atomic E-state index is 13.7. The van der Waals surface area contributed by atoms with E-state index in [-0.39, 0.29) is 5.82 Å². The van der Waals surface area contributed by atoms with Crippen molar-refractivity contribution in [3.05, 3.63) is 41.6 Å². The van der Waals surface area contributed by atoms with E-state index in [2.05, 4.69) is 15.2 Å². The van der Waals surface area contributed by atoms with Crippen LogP contribution in [-0.2, 0) is 6.18 Å². The van der Waals surface area contributed by atoms with E-state index < -0.39 is 18.0 Å². The zero-order chi connectivity index (χ0) is 16.1. The van der Waals surface area contributed by atoms with Crippen molar-refractivity contribution in [1.29, 1.82) is 0 Å². The fourth-order valence-corrected chi connectivity index (χ4v) is 2.37. The van der Waals surface area contributed by atoms with E-state index >= 15 is 0 Å². The number of fused-ring (bicyclic) bond motifs is 1. The average molecular weight is 312 g/mol. The van der Waals surface area contributed by atoms with Crippen molar-refractivity contribution >= 4 is 10.9 Å². The van der Waals surface area contributed by atoms with Gasteiger partial charge in [0.25, 0.3) is 0 Å². The Morgan fingerprint density at radius 1 is 1.27 bits per heavy atom. The lowest BCUT2D eigenvalue weighted by Crippen LogP contribution is -2.05. The second-order valence-corrected chi connectivity index (χ2v) is 5.07. The number of aryl methyl sites for hydroxylation is 1. The molecule has 0 radical (unpaired) electrons. The number of imidazole rings is 1. The average Bonchev–Trinajstić information content (AvgIpc) is 3.04. The van der Waals surface area contributed by atoms with Gasteiger partial charge in [0.1, 0.15) is 5.82 Å². The lowest BCUT2D eigenvalue weighted by Gasteiger charge is -2.09. The monoisotopic (exact) mass is 312 g/mol. The summed E-state index contributed by atoms with van der Waals surface area (Å²) in [7, 11) is 0. The molecular weight excluding hydrogens is 300 g/mol. The first kappa shape index (κ1) is 14.6. The molecular formula is C14H12F4N4. The van der Waals surface area contributed by atoms with Crippen LogP contribution in [0, 0.1) is 6.92 Å². The molecule has 0 aliphatic rings. The molecule has 1 N–H and O–H groups in total. The number of rotatable bonds is 2. The number of nitrogens with one attached hydrogen (secondary N) is 1. The van der Waals surface area contributed by atoms with Gasteiger partial charge in [-0.05, 0) is 31.5 Å². The molecule has 2 heterocycles. The Morgan fingerprint density at radius 3 is 2.64 bits per heavy atom. The maximum Gasteiger partial charge on any atom is 0.434 e. The lowest BCUT2D eigenvalue weighted by molar-refractivity contribution is -0.141. The number of hydrogen-bond donors (Lipinski definition) is 1. The highest BCUT2D eigenvalue weighted by Gasteiger charge is 2.35. The van der Waals surface area contributed by atoms with Crippen molar-refractivity contribution < 1.29 is 17.6 Å². The van der Waals surface area contributed by atoms with Gasteiger partial charge in [-0.25, -0.2) is 9.37 Å². The van der Waals surface area contributed by atoms with E-state index in [9.17, 15) is 17.6 Å². The predicted molar refractivity (Wildman–Crippen MR) is 72.5 cm³/mol. The van der Waals surface area contributed by atoms with E-state index in [1.165, 1.54) is 0 Å². The van der Waals surface area contributed by atoms with E-state index in [1.807, 2.05) is 0 Å². The van der Waals surface area contributed by atoms with Gasteiger partial charge in [0, 0.05) is 17.3 Å². The number of nitrogens with zero attached hydrogens (tertiary/aromatic N) is 3. The normalized spacial score (nSPS) is 13.7. The number of aromatic amines is 1. The van der Waals surface area contributed by atoms with E-state index in [4.69, 9.17) is 0 Å². The molecule has 8 heteroatoms. The van der Waals surface area contributed by atoms with Crippen molar-refractivity contribution in [3.8, 4) is 5.69 Å². The topological polar surface area (TPSA) is 46.5 Å². The molecule has 22 heavy (non-hydrogen) atoms. The SMILES string of the molecule is Cc1cc(-n2cc(C(F)(F)F)nc2[C@H](C)F)cc2cn[nH]c12. The van der Waals surface area contributed by atoms with Gasteiger partial charge in [0.2, 0.25) is 0 Å². The Morgan fingerprint density at radius 2 is 2.00 bits per heavy atom. The summed E-state index contributed by atoms with van der Waals surface area (Å²) < 4.78 is 53.3. The fourth-order valence-electron chi connectivity index (χ4n) is 2.37. The van der Waals surface area contributed by atoms with Crippen LogP contribution < -0.4 is 0 Å². The molecule has 2 aromatic heterocycles. The van der Waals surface area contributed by atoms with Crippen LogP contribution in [-0.4, -0.2) is 19.7 Å². The van der Waals surface area contributed by atoms with Gasteiger partial charge >= 0.3 is 6.18 Å². The number of aromatic nitrogens is 4. The Labute approximate surface area is 122 Å². The predicted octanol–water partition coefficient (Wildman–Crippen LogP) is 4.11. The van der Waals surface area contributed by atoms with Crippen LogP contribution in [0.25, 0.3) is 16.6 Å². The Hall–Kier alpha value is -2.38. The van der Waals surface area contributed by atoms with Crippen LogP contribution in [0.3, 0.4) is 0 Å². The third-order valence-corrected chi connectivity index (χ3v) is 3.39. The van der Waals surface area contributed by atoms with Crippen LogP contribution in [0.15, 0.2) is 24.5 Å². The molecule has 4 nitrogen and oxygen atoms in total. The molecule has 0 spiro atoms. The molecule has 0 amide bonds. The highest BCUT2D eigenvalue weighted by Crippen LogP contribution is 2.32. The van der Waals surface area contributed by atoms with Crippen LogP contribution >= 0.6 is 0 Å². The van der Waals surface area contributed by atoms with E-state index in [1.54, 1.807) is 25.3 Å². The Bertz CT molecular complexity index is 829. The zero-order valence-electron chi connectivity index (χ0n) is 11.7. The van der Waals surface area contributed by atoms with E-state index in [0.717, 1.165) is 34.2 Å². The van der Waals surface area contributed by atoms with Crippen LogP contribution in [0.2, 0.25) is 0 Å². The minimum atomic E-state index is -4.62. The molecule has 0 saturated carbocycles. The molecule has 0 aliphatic heterocycles. The van der Waals surface area contributed by atoms with Gasteiger partial charge in [-0.15, -0.1) is 0 Å². The molecule has 0 saturated heterocycles. The summed E-state index contributed by atoms with van der Waals surface area (Å²) in [6.45, 7) is 2.95. The quantitative estimate of drug-likeness (QED) is 0.724. The summed E-state index contributed by atoms with van der Waals surface area (Å²) in [5.41, 5.74) is 0.880. The van der Waals surface area contributed by atoms with Crippen LogP contribution in [0.1, 0.15) is 30.2 Å². The summed E-state index contributed by atoms with van der Waals surface area (Å²) in [6, 6.07) is 3.30. The van der Waals surface area contributed by atoms with Crippen molar-refractivity contribution in [2.75, 3.05) is 0 Å². The van der Waals surface area contributed by atoms with Gasteiger partial charge in [0.05, 0.1) is 11.7 Å². The smallest absolute Gasteiger partial charge is 0.301 e. The minimum absolute atomic E-state index is 0.283. The maximum atomic E-state index is 13.7. The van der Waals surface area contributed by atoms with Gasteiger partial charge in [0.15, 0.2) is 11.9 Å². The molecule has 0 unspecified atom stereocenters. The second kappa shape index (κ2) is 4.82. The van der Waals surface area contributed by atoms with Crippen LogP contribution in [0.4, 0.5) is 17.6 Å². The molecule has 3 aromatic rings. The molecule has 1 atom stereocenters. The van der Waals surface area contributed by atoms with E-state index in [0.29, 0.717) is 5.69 Å². The number of H-pyrrole nitrogens is 1. The first-order chi connectivity index (χ1) is 10.3. The van der Waals surface area contributed by atoms with Gasteiger partial charge in [-0.3, -0.25) is 5.10 Å². The molecule has 1 aromatic carbocycles. The lowest BCUT2D eigenvalue weighted by atomic mass is 10.1. The number of benzene rings is 1.